The van der Waals surface area contributed by atoms with Gasteiger partial charge in [-0.2, -0.15) is 0 Å². The average Bonchev–Trinajstić information content (AvgIpc) is 1.55. The fourth-order valence-electron chi connectivity index (χ4n) is 27.4. The molecule has 5 spiro atoms. The fraction of sp³-hybridized carbons (Fsp3) is 0.675. The summed E-state index contributed by atoms with van der Waals surface area (Å²) < 4.78 is 5.22. The number of nitrogens with zero attached hydrogens (tertiary/aromatic N) is 5. The van der Waals surface area contributed by atoms with Crippen molar-refractivity contribution in [3.63, 3.8) is 0 Å². The van der Waals surface area contributed by atoms with E-state index in [-0.39, 0.29) is 0 Å². The van der Waals surface area contributed by atoms with Crippen LogP contribution in [0.3, 0.4) is 0 Å². The molecule has 5 saturated heterocycles. The van der Waals surface area contributed by atoms with Gasteiger partial charge >= 0.3 is 0 Å². The molecule has 0 aromatic heterocycles. The number of hydrogen-bond acceptors (Lipinski definition) is 11. The minimum atomic E-state index is 0.430. The molecule has 5 heterocycles. The van der Waals surface area contributed by atoms with Crippen LogP contribution in [0.25, 0.3) is 30.4 Å². The monoisotopic (exact) mass is 1820 g/mol. The smallest absolute Gasteiger partial charge is 0.0589 e. The van der Waals surface area contributed by atoms with Crippen molar-refractivity contribution in [3.8, 4) is 0 Å². The van der Waals surface area contributed by atoms with Gasteiger partial charge in [0, 0.05) is 87.2 Å². The zero-order valence-corrected chi connectivity index (χ0v) is 86.6. The molecule has 734 valence electrons. The van der Waals surface area contributed by atoms with Crippen LogP contribution in [-0.2, 0) is 4.74 Å². The number of ether oxygens (including phenoxy) is 1. The maximum Gasteiger partial charge on any atom is 0.0589 e. The van der Waals surface area contributed by atoms with Crippen molar-refractivity contribution in [2.75, 3.05) is 112 Å². The Labute approximate surface area is 817 Å². The van der Waals surface area contributed by atoms with E-state index in [1.54, 1.807) is 35.0 Å². The van der Waals surface area contributed by atoms with E-state index in [2.05, 4.69) is 316 Å². The predicted molar refractivity (Wildman–Crippen MR) is 571 cm³/mol. The van der Waals surface area contributed by atoms with Gasteiger partial charge in [-0.1, -0.05) is 293 Å². The summed E-state index contributed by atoms with van der Waals surface area (Å²) in [7, 11) is 1.80. The van der Waals surface area contributed by atoms with E-state index < -0.39 is 0 Å². The Hall–Kier alpha value is -5.64. The van der Waals surface area contributed by atoms with Gasteiger partial charge < -0.3 is 55.8 Å². The SMILES string of the molecule is CC/C(=C\c1ccccc1)[C@@H]1C[C@H]1NC1CC2(CCN(CC(C)(C)C)CC2)C1.CC/C(=C\c1ccccc1)[C@@H]1C[C@H]1NC1CC2(CCN(CC(C)C)CC2)C1.CC/C(=C\c1ccccc1)[C@@H]1C[C@H]1NC1CC2(CCN(CCOC)CC2)C1.CCCN1CCC2(CC1)CC(N[C@@H]1C[C@H]1/C(=C/c1ccccc1)CC)C2.CCCN1CCC2(CC1)CC(N[C@@H]1C[C@H]1/C(=C/c1ccccc1)CC)C2. The highest BCUT2D eigenvalue weighted by Crippen LogP contribution is 2.57. The lowest BCUT2D eigenvalue weighted by atomic mass is 9.60. The molecule has 0 radical (unpaired) electrons. The first-order chi connectivity index (χ1) is 65.1. The minimum absolute atomic E-state index is 0.430. The zero-order chi connectivity index (χ0) is 93.3. The summed E-state index contributed by atoms with van der Waals surface area (Å²) in [4.78, 5) is 13.3. The van der Waals surface area contributed by atoms with Crippen LogP contribution in [0.4, 0.5) is 0 Å². The summed E-state index contributed by atoms with van der Waals surface area (Å²) >= 11 is 0. The molecule has 5 aliphatic heterocycles. The molecule has 10 atom stereocenters. The topological polar surface area (TPSA) is 85.6 Å². The molecule has 10 saturated carbocycles. The quantitative estimate of drug-likeness (QED) is 0.0269. The summed E-state index contributed by atoms with van der Waals surface area (Å²) in [6.45, 7) is 48.2. The van der Waals surface area contributed by atoms with Crippen LogP contribution in [0.15, 0.2) is 180 Å². The Kier molecular flexibility index (Phi) is 35.8. The molecule has 134 heavy (non-hydrogen) atoms. The Morgan fingerprint density at radius 3 is 0.716 bits per heavy atom. The van der Waals surface area contributed by atoms with Crippen LogP contribution in [0.1, 0.15) is 316 Å². The Morgan fingerprint density at radius 2 is 0.522 bits per heavy atom. The first-order valence-electron chi connectivity index (χ1n) is 55.7. The summed E-state index contributed by atoms with van der Waals surface area (Å²) in [5.74, 6) is 4.68. The third-order valence-electron chi connectivity index (χ3n) is 35.8. The maximum absolute atomic E-state index is 5.22. The molecule has 5 aromatic carbocycles. The molecule has 15 fully saturated rings. The Balaban J connectivity index is 0.000000122. The number of likely N-dealkylation sites (tertiary alicyclic amines) is 5. The van der Waals surface area contributed by atoms with E-state index in [9.17, 15) is 0 Å². The van der Waals surface area contributed by atoms with Gasteiger partial charge in [-0.25, -0.2) is 0 Å². The molecule has 15 aliphatic rings. The van der Waals surface area contributed by atoms with Gasteiger partial charge in [0.15, 0.2) is 0 Å². The summed E-state index contributed by atoms with van der Waals surface area (Å²) in [5.41, 5.74) is 18.8. The number of nitrogens with one attached hydrogen (secondary N) is 5. The van der Waals surface area contributed by atoms with E-state index in [1.807, 2.05) is 0 Å². The highest BCUT2D eigenvalue weighted by molar-refractivity contribution is 5.58. The number of hydrogen-bond donors (Lipinski definition) is 5. The molecule has 5 aromatic rings. The predicted octanol–water partition coefficient (Wildman–Crippen LogP) is 25.7. The van der Waals surface area contributed by atoms with Crippen LogP contribution >= 0.6 is 0 Å². The summed E-state index contributed by atoms with van der Waals surface area (Å²) in [6, 6.07) is 61.7. The van der Waals surface area contributed by atoms with Crippen molar-refractivity contribution in [2.45, 2.75) is 349 Å². The Bertz CT molecular complexity index is 4360. The highest BCUT2D eigenvalue weighted by atomic mass is 16.5. The average molecular weight is 1820 g/mol. The van der Waals surface area contributed by atoms with Gasteiger partial charge in [0.1, 0.15) is 0 Å². The second-order valence-electron chi connectivity index (χ2n) is 48.1. The van der Waals surface area contributed by atoms with E-state index in [0.29, 0.717) is 32.5 Å². The zero-order valence-electron chi connectivity index (χ0n) is 86.6. The molecular weight excluding hydrogens is 1630 g/mol. The van der Waals surface area contributed by atoms with E-state index >= 15 is 0 Å². The second-order valence-corrected chi connectivity index (χ2v) is 48.1. The van der Waals surface area contributed by atoms with Crippen molar-refractivity contribution in [1.82, 2.24) is 51.1 Å². The second kappa shape index (κ2) is 47.3. The number of methoxy groups -OCH3 is 1. The largest absolute Gasteiger partial charge is 0.383 e. The van der Waals surface area contributed by atoms with Crippen molar-refractivity contribution < 1.29 is 4.74 Å². The molecule has 11 nitrogen and oxygen atoms in total. The van der Waals surface area contributed by atoms with Crippen LogP contribution in [0.5, 0.6) is 0 Å². The van der Waals surface area contributed by atoms with Crippen molar-refractivity contribution >= 4 is 30.4 Å². The molecule has 0 bridgehead atoms. The molecular formula is C123H186N10O. The fourth-order valence-corrected chi connectivity index (χ4v) is 27.4. The lowest BCUT2D eigenvalue weighted by molar-refractivity contribution is -0.00294. The third kappa shape index (κ3) is 28.6. The van der Waals surface area contributed by atoms with Crippen molar-refractivity contribution in [1.29, 1.82) is 0 Å². The molecule has 0 amide bonds. The molecule has 11 heteroatoms. The molecule has 10 aliphatic carbocycles. The first kappa shape index (κ1) is 101. The number of rotatable bonds is 35. The minimum Gasteiger partial charge on any atom is -0.383 e. The first-order valence-corrected chi connectivity index (χ1v) is 55.7. The number of benzene rings is 5. The van der Waals surface area contributed by atoms with Crippen molar-refractivity contribution in [3.05, 3.63) is 207 Å². The lowest BCUT2D eigenvalue weighted by Gasteiger charge is -2.53. The molecule has 5 N–H and O–H groups in total. The maximum atomic E-state index is 5.22. The standard InChI is InChI=1S/C26H40N2.C25H38N2.C24H36N2O.2C24H36N2/c1-5-21(15-20-9-7-6-8-10-20)23-16-24(23)27-22-17-26(18-22)11-13-28(14-12-26)19-25(2,3)4;1-4-21(14-20-8-6-5-7-9-20)23-15-24(23)26-22-16-25(17-22)10-12-27(13-11-25)18-19(2)3;1-3-20(15-19-7-5-4-6-8-19)22-16-23(22)25-21-17-24(18-21)9-11-26(12-10-24)13-14-27-2;2*1-3-12-26-13-10-24(11-14-26)17-21(18-24)25-23-16-22(23)20(4-2)15-19-8-6-5-7-9-19/h6-10,15,22-24,27H,5,11-14,16-19H2,1-4H3;5-9,14,19,22-24,26H,4,10-13,15-18H2,1-3H3;4-8,15,21-23,25H,3,9-14,16-18H2,1-2H3;2*5-9,15,21-23,25H,3-4,10-14,16-18H2,1-2H3/b21-15+;21-14+;3*20-15+/t2*23-,24+;3*22-,23+/m00000/s1. The highest BCUT2D eigenvalue weighted by Gasteiger charge is 2.55. The van der Waals surface area contributed by atoms with E-state index in [1.165, 1.54) is 325 Å². The van der Waals surface area contributed by atoms with E-state index in [0.717, 1.165) is 109 Å². The third-order valence-corrected chi connectivity index (χ3v) is 35.8. The van der Waals surface area contributed by atoms with Crippen LogP contribution in [0.2, 0.25) is 0 Å². The van der Waals surface area contributed by atoms with Gasteiger partial charge in [0.2, 0.25) is 0 Å². The van der Waals surface area contributed by atoms with Crippen LogP contribution in [0, 0.1) is 68.0 Å². The van der Waals surface area contributed by atoms with Gasteiger partial charge in [-0.3, -0.25) is 0 Å². The van der Waals surface area contributed by atoms with Gasteiger partial charge in [-0.05, 0) is 380 Å². The van der Waals surface area contributed by atoms with Crippen LogP contribution < -0.4 is 26.6 Å². The molecule has 0 unspecified atom stereocenters. The Morgan fingerprint density at radius 1 is 0.313 bits per heavy atom. The summed E-state index contributed by atoms with van der Waals surface area (Å²) in [6.07, 6.45) is 55.8. The van der Waals surface area contributed by atoms with Crippen LogP contribution in [-0.4, -0.2) is 197 Å². The van der Waals surface area contributed by atoms with Gasteiger partial charge in [0.25, 0.3) is 0 Å². The van der Waals surface area contributed by atoms with Gasteiger partial charge in [0.05, 0.1) is 6.61 Å². The number of piperidine rings is 5. The summed E-state index contributed by atoms with van der Waals surface area (Å²) in [5, 5.41) is 20.0. The van der Waals surface area contributed by atoms with Crippen molar-refractivity contribution in [2.24, 2.45) is 68.0 Å². The van der Waals surface area contributed by atoms with Gasteiger partial charge in [-0.15, -0.1) is 0 Å². The molecule has 20 rings (SSSR count). The van der Waals surface area contributed by atoms with E-state index in [4.69, 9.17) is 4.74 Å². The normalized spacial score (nSPS) is 29.4. The lowest BCUT2D eigenvalue weighted by Crippen LogP contribution is -2.55.